The third kappa shape index (κ3) is 2.82. The van der Waals surface area contributed by atoms with Crippen molar-refractivity contribution in [3.05, 3.63) is 11.9 Å². The maximum absolute atomic E-state index is 10.7. The predicted octanol–water partition coefficient (Wildman–Crippen LogP) is 1.02. The maximum atomic E-state index is 10.7. The highest BCUT2D eigenvalue weighted by Crippen LogP contribution is 2.20. The van der Waals surface area contributed by atoms with Gasteiger partial charge in [-0.2, -0.15) is 0 Å². The van der Waals surface area contributed by atoms with Crippen LogP contribution in [0.2, 0.25) is 0 Å². The molecule has 1 atom stereocenters. The highest BCUT2D eigenvalue weighted by Gasteiger charge is 2.22. The SMILES string of the molecule is CCCN1CCC[C@H](n2cc(C(=O)O)nn2)C1. The van der Waals surface area contributed by atoms with Crippen molar-refractivity contribution in [2.45, 2.75) is 32.2 Å². The Morgan fingerprint density at radius 1 is 1.65 bits per heavy atom. The van der Waals surface area contributed by atoms with Gasteiger partial charge < -0.3 is 10.0 Å². The van der Waals surface area contributed by atoms with Crippen molar-refractivity contribution in [3.63, 3.8) is 0 Å². The molecule has 6 heteroatoms. The molecule has 1 aliphatic rings. The van der Waals surface area contributed by atoms with Crippen LogP contribution in [-0.4, -0.2) is 50.6 Å². The molecule has 6 nitrogen and oxygen atoms in total. The molecular weight excluding hydrogens is 220 g/mol. The van der Waals surface area contributed by atoms with Crippen LogP contribution in [0.25, 0.3) is 0 Å². The third-order valence-corrected chi connectivity index (χ3v) is 3.12. The highest BCUT2D eigenvalue weighted by molar-refractivity contribution is 5.84. The van der Waals surface area contributed by atoms with E-state index in [9.17, 15) is 4.79 Å². The molecule has 94 valence electrons. The monoisotopic (exact) mass is 238 g/mol. The van der Waals surface area contributed by atoms with E-state index >= 15 is 0 Å². The normalized spacial score (nSPS) is 21.6. The van der Waals surface area contributed by atoms with Gasteiger partial charge in [-0.25, -0.2) is 9.48 Å². The predicted molar refractivity (Wildman–Crippen MR) is 62.0 cm³/mol. The molecule has 0 aromatic carbocycles. The molecule has 2 rings (SSSR count). The van der Waals surface area contributed by atoms with E-state index in [0.29, 0.717) is 0 Å². The lowest BCUT2D eigenvalue weighted by Crippen LogP contribution is -2.37. The minimum absolute atomic E-state index is 0.0256. The summed E-state index contributed by atoms with van der Waals surface area (Å²) >= 11 is 0. The lowest BCUT2D eigenvalue weighted by Gasteiger charge is -2.32. The van der Waals surface area contributed by atoms with E-state index in [4.69, 9.17) is 5.11 Å². The van der Waals surface area contributed by atoms with Crippen LogP contribution in [0, 0.1) is 0 Å². The zero-order chi connectivity index (χ0) is 12.3. The Morgan fingerprint density at radius 3 is 3.12 bits per heavy atom. The van der Waals surface area contributed by atoms with E-state index in [-0.39, 0.29) is 11.7 Å². The number of carboxylic acids is 1. The summed E-state index contributed by atoms with van der Waals surface area (Å²) in [6.45, 7) is 5.33. The maximum Gasteiger partial charge on any atom is 0.358 e. The van der Waals surface area contributed by atoms with Gasteiger partial charge in [-0.3, -0.25) is 0 Å². The van der Waals surface area contributed by atoms with Gasteiger partial charge in [-0.15, -0.1) is 5.10 Å². The second kappa shape index (κ2) is 5.27. The molecule has 0 bridgehead atoms. The quantitative estimate of drug-likeness (QED) is 0.848. The Hall–Kier alpha value is -1.43. The Kier molecular flexibility index (Phi) is 3.73. The summed E-state index contributed by atoms with van der Waals surface area (Å²) in [6.07, 6.45) is 4.85. The Morgan fingerprint density at radius 2 is 2.47 bits per heavy atom. The number of hydrogen-bond acceptors (Lipinski definition) is 4. The second-order valence-corrected chi connectivity index (χ2v) is 4.49. The number of rotatable bonds is 4. The molecule has 0 saturated carbocycles. The number of nitrogens with zero attached hydrogens (tertiary/aromatic N) is 4. The van der Waals surface area contributed by atoms with E-state index in [1.165, 1.54) is 6.20 Å². The van der Waals surface area contributed by atoms with Crippen molar-refractivity contribution in [2.24, 2.45) is 0 Å². The number of carbonyl (C=O) groups is 1. The largest absolute Gasteiger partial charge is 0.476 e. The van der Waals surface area contributed by atoms with Crippen molar-refractivity contribution < 1.29 is 9.90 Å². The Bertz CT molecular complexity index is 389. The summed E-state index contributed by atoms with van der Waals surface area (Å²) in [5.74, 6) is -1.02. The molecule has 0 spiro atoms. The van der Waals surface area contributed by atoms with Gasteiger partial charge in [0.2, 0.25) is 0 Å². The van der Waals surface area contributed by atoms with Gasteiger partial charge in [0.1, 0.15) is 0 Å². The zero-order valence-electron chi connectivity index (χ0n) is 10.0. The van der Waals surface area contributed by atoms with Gasteiger partial charge in [-0.05, 0) is 32.4 Å². The molecule has 1 aliphatic heterocycles. The summed E-state index contributed by atoms with van der Waals surface area (Å²) in [7, 11) is 0. The van der Waals surface area contributed by atoms with Crippen molar-refractivity contribution >= 4 is 5.97 Å². The average molecular weight is 238 g/mol. The van der Waals surface area contributed by atoms with E-state index in [1.807, 2.05) is 0 Å². The molecule has 1 saturated heterocycles. The summed E-state index contributed by atoms with van der Waals surface area (Å²) in [5.41, 5.74) is 0.0256. The number of aromatic nitrogens is 3. The number of aromatic carboxylic acids is 1. The summed E-state index contributed by atoms with van der Waals surface area (Å²) in [4.78, 5) is 13.1. The minimum Gasteiger partial charge on any atom is -0.476 e. The summed E-state index contributed by atoms with van der Waals surface area (Å²) < 4.78 is 1.70. The number of piperidine rings is 1. The van der Waals surface area contributed by atoms with E-state index in [2.05, 4.69) is 22.1 Å². The Balaban J connectivity index is 2.02. The summed E-state index contributed by atoms with van der Waals surface area (Å²) in [6, 6.07) is 0.260. The lowest BCUT2D eigenvalue weighted by molar-refractivity contribution is 0.0690. The van der Waals surface area contributed by atoms with Crippen LogP contribution in [0.4, 0.5) is 0 Å². The first-order chi connectivity index (χ1) is 8.20. The van der Waals surface area contributed by atoms with E-state index in [1.54, 1.807) is 4.68 Å². The van der Waals surface area contributed by atoms with Gasteiger partial charge in [0.15, 0.2) is 5.69 Å². The molecule has 1 N–H and O–H groups in total. The average Bonchev–Trinajstić information content (AvgIpc) is 2.79. The first-order valence-electron chi connectivity index (χ1n) is 6.08. The highest BCUT2D eigenvalue weighted by atomic mass is 16.4. The molecule has 2 heterocycles. The molecule has 17 heavy (non-hydrogen) atoms. The van der Waals surface area contributed by atoms with Gasteiger partial charge >= 0.3 is 5.97 Å². The Labute approximate surface area is 100 Å². The third-order valence-electron chi connectivity index (χ3n) is 3.12. The van der Waals surface area contributed by atoms with Crippen LogP contribution < -0.4 is 0 Å². The number of carboxylic acid groups (broad SMARTS) is 1. The molecule has 0 amide bonds. The van der Waals surface area contributed by atoms with Crippen molar-refractivity contribution in [1.82, 2.24) is 19.9 Å². The van der Waals surface area contributed by atoms with Crippen LogP contribution in [0.15, 0.2) is 6.20 Å². The first kappa shape index (κ1) is 12.0. The molecular formula is C11H18N4O2. The van der Waals surface area contributed by atoms with Crippen molar-refractivity contribution in [1.29, 1.82) is 0 Å². The fourth-order valence-corrected chi connectivity index (χ4v) is 2.32. The lowest BCUT2D eigenvalue weighted by atomic mass is 10.1. The van der Waals surface area contributed by atoms with Gasteiger partial charge in [0.25, 0.3) is 0 Å². The zero-order valence-corrected chi connectivity index (χ0v) is 10.0. The van der Waals surface area contributed by atoms with Crippen LogP contribution in [0.5, 0.6) is 0 Å². The molecule has 0 radical (unpaired) electrons. The number of likely N-dealkylation sites (tertiary alicyclic amines) is 1. The molecule has 0 aliphatic carbocycles. The van der Waals surface area contributed by atoms with Gasteiger partial charge in [0.05, 0.1) is 12.2 Å². The fourth-order valence-electron chi connectivity index (χ4n) is 2.32. The first-order valence-corrected chi connectivity index (χ1v) is 6.08. The van der Waals surface area contributed by atoms with Crippen LogP contribution in [-0.2, 0) is 0 Å². The molecule has 1 aromatic heterocycles. The van der Waals surface area contributed by atoms with Gasteiger partial charge in [-0.1, -0.05) is 12.1 Å². The van der Waals surface area contributed by atoms with E-state index < -0.39 is 5.97 Å². The number of hydrogen-bond donors (Lipinski definition) is 1. The van der Waals surface area contributed by atoms with Crippen molar-refractivity contribution in [3.8, 4) is 0 Å². The van der Waals surface area contributed by atoms with E-state index in [0.717, 1.165) is 38.9 Å². The molecule has 1 aromatic rings. The molecule has 0 unspecified atom stereocenters. The van der Waals surface area contributed by atoms with Crippen LogP contribution in [0.1, 0.15) is 42.7 Å². The second-order valence-electron chi connectivity index (χ2n) is 4.49. The summed E-state index contributed by atoms with van der Waals surface area (Å²) in [5, 5.41) is 16.4. The van der Waals surface area contributed by atoms with Crippen molar-refractivity contribution in [2.75, 3.05) is 19.6 Å². The topological polar surface area (TPSA) is 71.2 Å². The van der Waals surface area contributed by atoms with Crippen LogP contribution >= 0.6 is 0 Å². The standard InChI is InChI=1S/C11H18N4O2/c1-2-5-14-6-3-4-9(7-14)15-8-10(11(16)17)12-13-15/h8-9H,2-7H2,1H3,(H,16,17)/t9-/m0/s1. The van der Waals surface area contributed by atoms with Gasteiger partial charge in [0, 0.05) is 6.54 Å². The van der Waals surface area contributed by atoms with Crippen LogP contribution in [0.3, 0.4) is 0 Å². The minimum atomic E-state index is -1.02. The fraction of sp³-hybridized carbons (Fsp3) is 0.727. The molecule has 1 fully saturated rings. The smallest absolute Gasteiger partial charge is 0.358 e.